The van der Waals surface area contributed by atoms with Gasteiger partial charge >= 0.3 is 0 Å². The molecule has 1 unspecified atom stereocenters. The first kappa shape index (κ1) is 19.2. The van der Waals surface area contributed by atoms with E-state index in [0.29, 0.717) is 17.1 Å². The van der Waals surface area contributed by atoms with Gasteiger partial charge in [0.1, 0.15) is 18.1 Å². The smallest absolute Gasteiger partial charge is 0.274 e. The van der Waals surface area contributed by atoms with Crippen molar-refractivity contribution in [2.24, 2.45) is 0 Å². The molecule has 0 fully saturated rings. The van der Waals surface area contributed by atoms with Gasteiger partial charge in [0.15, 0.2) is 0 Å². The average molecular weight is 392 g/mol. The molecule has 0 spiro atoms. The van der Waals surface area contributed by atoms with Gasteiger partial charge in [-0.1, -0.05) is 6.07 Å². The van der Waals surface area contributed by atoms with Gasteiger partial charge in [0, 0.05) is 17.7 Å². The van der Waals surface area contributed by atoms with Crippen LogP contribution in [0.3, 0.4) is 0 Å². The fourth-order valence-corrected chi connectivity index (χ4v) is 4.44. The van der Waals surface area contributed by atoms with E-state index < -0.39 is 22.0 Å². The van der Waals surface area contributed by atoms with Gasteiger partial charge in [0.25, 0.3) is 5.91 Å². The van der Waals surface area contributed by atoms with Crippen LogP contribution in [-0.4, -0.2) is 43.6 Å². The zero-order valence-electron chi connectivity index (χ0n) is 14.9. The number of ether oxygens (including phenoxy) is 2. The largest absolute Gasteiger partial charge is 0.497 e. The second kappa shape index (κ2) is 7.55. The number of rotatable bonds is 4. The number of hydroxylamine groups is 1. The summed E-state index contributed by atoms with van der Waals surface area (Å²) in [5, 5.41) is 8.77. The summed E-state index contributed by atoms with van der Waals surface area (Å²) in [4.78, 5) is 11.7. The molecule has 0 saturated heterocycles. The van der Waals surface area contributed by atoms with E-state index in [0.717, 1.165) is 0 Å². The maximum atomic E-state index is 13.1. The SMILES string of the molecule is COc1ccc(S(=O)(=O)N2Cc3ccc(C(=O)NO)cc3OCC2C)cc1. The van der Waals surface area contributed by atoms with E-state index in [2.05, 4.69) is 0 Å². The highest BCUT2D eigenvalue weighted by molar-refractivity contribution is 7.89. The second-order valence-electron chi connectivity index (χ2n) is 6.15. The zero-order valence-corrected chi connectivity index (χ0v) is 15.7. The number of nitrogens with one attached hydrogen (secondary N) is 1. The van der Waals surface area contributed by atoms with Crippen LogP contribution in [0.2, 0.25) is 0 Å². The van der Waals surface area contributed by atoms with Crippen LogP contribution in [0.4, 0.5) is 0 Å². The van der Waals surface area contributed by atoms with Gasteiger partial charge in [-0.3, -0.25) is 10.0 Å². The van der Waals surface area contributed by atoms with Gasteiger partial charge in [-0.05, 0) is 43.3 Å². The molecule has 0 bridgehead atoms. The number of hydrogen-bond donors (Lipinski definition) is 2. The van der Waals surface area contributed by atoms with Crippen LogP contribution in [-0.2, 0) is 16.6 Å². The molecule has 1 heterocycles. The van der Waals surface area contributed by atoms with Gasteiger partial charge in [-0.2, -0.15) is 4.31 Å². The molecule has 3 rings (SSSR count). The first-order valence-corrected chi connectivity index (χ1v) is 9.67. The minimum Gasteiger partial charge on any atom is -0.497 e. The van der Waals surface area contributed by atoms with Crippen molar-refractivity contribution in [1.29, 1.82) is 0 Å². The molecule has 27 heavy (non-hydrogen) atoms. The molecule has 9 heteroatoms. The van der Waals surface area contributed by atoms with Crippen molar-refractivity contribution in [3.05, 3.63) is 53.6 Å². The number of carbonyl (C=O) groups excluding carboxylic acids is 1. The number of sulfonamides is 1. The molecular formula is C18H20N2O6S. The third-order valence-electron chi connectivity index (χ3n) is 4.39. The fourth-order valence-electron chi connectivity index (χ4n) is 2.85. The second-order valence-corrected chi connectivity index (χ2v) is 8.04. The predicted octanol–water partition coefficient (Wildman–Crippen LogP) is 1.79. The van der Waals surface area contributed by atoms with Gasteiger partial charge in [-0.15, -0.1) is 0 Å². The highest BCUT2D eigenvalue weighted by Crippen LogP contribution is 2.30. The molecule has 2 aromatic rings. The summed E-state index contributed by atoms with van der Waals surface area (Å²) in [6.07, 6.45) is 0. The number of nitrogens with zero attached hydrogens (tertiary/aromatic N) is 1. The average Bonchev–Trinajstić information content (AvgIpc) is 2.86. The normalized spacial score (nSPS) is 17.4. The number of hydrogen-bond acceptors (Lipinski definition) is 6. The Morgan fingerprint density at radius 3 is 2.59 bits per heavy atom. The lowest BCUT2D eigenvalue weighted by Crippen LogP contribution is -2.39. The topological polar surface area (TPSA) is 105 Å². The lowest BCUT2D eigenvalue weighted by molar-refractivity contribution is 0.0706. The molecule has 2 N–H and O–H groups in total. The van der Waals surface area contributed by atoms with Gasteiger partial charge in [0.2, 0.25) is 10.0 Å². The van der Waals surface area contributed by atoms with Crippen LogP contribution in [0.5, 0.6) is 11.5 Å². The summed E-state index contributed by atoms with van der Waals surface area (Å²) in [5.41, 5.74) is 2.41. The Morgan fingerprint density at radius 2 is 1.96 bits per heavy atom. The van der Waals surface area contributed by atoms with E-state index >= 15 is 0 Å². The zero-order chi connectivity index (χ0) is 19.6. The maximum Gasteiger partial charge on any atom is 0.274 e. The predicted molar refractivity (Wildman–Crippen MR) is 96.4 cm³/mol. The molecular weight excluding hydrogens is 372 g/mol. The third kappa shape index (κ3) is 3.75. The highest BCUT2D eigenvalue weighted by Gasteiger charge is 2.32. The molecule has 0 radical (unpaired) electrons. The molecule has 1 amide bonds. The Labute approximate surface area is 157 Å². The summed E-state index contributed by atoms with van der Waals surface area (Å²) in [7, 11) is -2.24. The van der Waals surface area contributed by atoms with E-state index in [1.54, 1.807) is 30.6 Å². The minimum absolute atomic E-state index is 0.103. The summed E-state index contributed by atoms with van der Waals surface area (Å²) >= 11 is 0. The van der Waals surface area contributed by atoms with Crippen molar-refractivity contribution in [3.8, 4) is 11.5 Å². The Hall–Kier alpha value is -2.62. The van der Waals surface area contributed by atoms with Gasteiger partial charge in [-0.25, -0.2) is 13.9 Å². The number of carbonyl (C=O) groups is 1. The van der Waals surface area contributed by atoms with Crippen LogP contribution in [0, 0.1) is 0 Å². The van der Waals surface area contributed by atoms with Crippen LogP contribution < -0.4 is 15.0 Å². The fraction of sp³-hybridized carbons (Fsp3) is 0.278. The first-order chi connectivity index (χ1) is 12.9. The number of fused-ring (bicyclic) bond motifs is 1. The van der Waals surface area contributed by atoms with Crippen molar-refractivity contribution < 1.29 is 27.9 Å². The van der Waals surface area contributed by atoms with Crippen molar-refractivity contribution in [2.45, 2.75) is 24.4 Å². The molecule has 1 aliphatic rings. The Bertz CT molecular complexity index is 943. The number of benzene rings is 2. The Morgan fingerprint density at radius 1 is 1.26 bits per heavy atom. The van der Waals surface area contributed by atoms with Crippen molar-refractivity contribution in [1.82, 2.24) is 9.79 Å². The standard InChI is InChI=1S/C18H20N2O6S/c1-12-11-26-17-9-13(18(21)19-22)3-4-14(17)10-20(12)27(23,24)16-7-5-15(25-2)6-8-16/h3-9,12,22H,10-11H2,1-2H3,(H,19,21). The van der Waals surface area contributed by atoms with E-state index in [9.17, 15) is 13.2 Å². The Kier molecular flexibility index (Phi) is 5.36. The summed E-state index contributed by atoms with van der Waals surface area (Å²) in [5.74, 6) is 0.318. The number of amides is 1. The van der Waals surface area contributed by atoms with Gasteiger partial charge in [0.05, 0.1) is 18.0 Å². The summed E-state index contributed by atoms with van der Waals surface area (Å²) in [6, 6.07) is 10.4. The third-order valence-corrected chi connectivity index (χ3v) is 6.37. The Balaban J connectivity index is 1.95. The van der Waals surface area contributed by atoms with Crippen LogP contribution >= 0.6 is 0 Å². The molecule has 1 aliphatic heterocycles. The minimum atomic E-state index is -3.75. The van der Waals surface area contributed by atoms with Crippen molar-refractivity contribution in [2.75, 3.05) is 13.7 Å². The summed E-state index contributed by atoms with van der Waals surface area (Å²) < 4.78 is 38.4. The van der Waals surface area contributed by atoms with Crippen molar-refractivity contribution >= 4 is 15.9 Å². The molecule has 1 atom stereocenters. The van der Waals surface area contributed by atoms with E-state index in [1.807, 2.05) is 0 Å². The van der Waals surface area contributed by atoms with Crippen LogP contribution in [0.25, 0.3) is 0 Å². The van der Waals surface area contributed by atoms with E-state index in [1.165, 1.54) is 35.7 Å². The monoisotopic (exact) mass is 392 g/mol. The first-order valence-electron chi connectivity index (χ1n) is 8.23. The maximum absolute atomic E-state index is 13.1. The highest BCUT2D eigenvalue weighted by atomic mass is 32.2. The summed E-state index contributed by atoms with van der Waals surface area (Å²) in [6.45, 7) is 1.99. The quantitative estimate of drug-likeness (QED) is 0.607. The van der Waals surface area contributed by atoms with Crippen LogP contribution in [0.1, 0.15) is 22.8 Å². The molecule has 0 aliphatic carbocycles. The molecule has 0 aromatic heterocycles. The van der Waals surface area contributed by atoms with Crippen LogP contribution in [0.15, 0.2) is 47.4 Å². The van der Waals surface area contributed by atoms with E-state index in [-0.39, 0.29) is 23.6 Å². The van der Waals surface area contributed by atoms with Gasteiger partial charge < -0.3 is 9.47 Å². The molecule has 2 aromatic carbocycles. The molecule has 0 saturated carbocycles. The number of methoxy groups -OCH3 is 1. The lowest BCUT2D eigenvalue weighted by atomic mass is 10.1. The van der Waals surface area contributed by atoms with E-state index in [4.69, 9.17) is 14.7 Å². The lowest BCUT2D eigenvalue weighted by Gasteiger charge is -2.25. The molecule has 144 valence electrons. The molecule has 8 nitrogen and oxygen atoms in total. The van der Waals surface area contributed by atoms with Crippen molar-refractivity contribution in [3.63, 3.8) is 0 Å².